The van der Waals surface area contributed by atoms with E-state index in [-0.39, 0.29) is 21.0 Å². The van der Waals surface area contributed by atoms with Crippen LogP contribution in [-0.2, 0) is 21.2 Å². The van der Waals surface area contributed by atoms with Gasteiger partial charge in [-0.3, -0.25) is 4.79 Å². The Hall–Kier alpha value is -1.12. The van der Waals surface area contributed by atoms with Crippen molar-refractivity contribution in [3.63, 3.8) is 0 Å². The quantitative estimate of drug-likeness (QED) is 0.770. The van der Waals surface area contributed by atoms with E-state index in [1.165, 1.54) is 13.0 Å². The number of benzene rings is 1. The van der Waals surface area contributed by atoms with Crippen molar-refractivity contribution in [2.45, 2.75) is 24.6 Å². The van der Waals surface area contributed by atoms with E-state index in [0.29, 0.717) is 0 Å². The van der Waals surface area contributed by atoms with Gasteiger partial charge in [-0.25, -0.2) is 8.42 Å². The molecule has 0 aliphatic carbocycles. The fourth-order valence-electron chi connectivity index (χ4n) is 1.63. The fourth-order valence-corrected chi connectivity index (χ4v) is 2.96. The number of carbonyl (C=O) groups is 1. The van der Waals surface area contributed by atoms with Gasteiger partial charge in [0.2, 0.25) is 0 Å². The molecule has 4 nitrogen and oxygen atoms in total. The number of sulfone groups is 1. The van der Waals surface area contributed by atoms with E-state index in [1.807, 2.05) is 0 Å². The molecule has 0 saturated heterocycles. The van der Waals surface area contributed by atoms with Gasteiger partial charge < -0.3 is 4.74 Å². The molecule has 9 heteroatoms. The lowest BCUT2D eigenvalue weighted by molar-refractivity contribution is -0.176. The summed E-state index contributed by atoms with van der Waals surface area (Å²) in [6, 6.07) is 2.35. The zero-order chi connectivity index (χ0) is 16.4. The molecule has 0 radical (unpaired) electrons. The Balaban J connectivity index is 3.24. The van der Waals surface area contributed by atoms with Gasteiger partial charge in [-0.2, -0.15) is 13.2 Å². The normalized spacial score (nSPS) is 12.5. The Bertz CT molecular complexity index is 653. The lowest BCUT2D eigenvalue weighted by atomic mass is 10.1. The molecular weight excluding hydrogens is 333 g/mol. The third kappa shape index (κ3) is 4.98. The van der Waals surface area contributed by atoms with E-state index in [1.54, 1.807) is 0 Å². The molecule has 0 unspecified atom stereocenters. The summed E-state index contributed by atoms with van der Waals surface area (Å²) in [4.78, 5) is 11.1. The Labute approximate surface area is 124 Å². The highest BCUT2D eigenvalue weighted by Crippen LogP contribution is 2.29. The van der Waals surface area contributed by atoms with Crippen LogP contribution in [0.1, 0.15) is 22.8 Å². The van der Waals surface area contributed by atoms with Crippen LogP contribution < -0.4 is 0 Å². The summed E-state index contributed by atoms with van der Waals surface area (Å²) in [5, 5.41) is -0.215. The van der Waals surface area contributed by atoms with Crippen molar-refractivity contribution in [1.82, 2.24) is 0 Å². The molecule has 1 aromatic carbocycles. The average molecular weight is 345 g/mol. The Morgan fingerprint density at radius 3 is 2.33 bits per heavy atom. The van der Waals surface area contributed by atoms with Crippen molar-refractivity contribution >= 4 is 27.2 Å². The van der Waals surface area contributed by atoms with Gasteiger partial charge in [0.15, 0.2) is 15.6 Å². The molecule has 0 amide bonds. The van der Waals surface area contributed by atoms with E-state index in [2.05, 4.69) is 4.74 Å². The van der Waals surface area contributed by atoms with Crippen molar-refractivity contribution in [2.24, 2.45) is 0 Å². The second-order valence-corrected chi connectivity index (χ2v) is 6.70. The smallest absolute Gasteiger partial charge is 0.367 e. The van der Waals surface area contributed by atoms with Crippen molar-refractivity contribution in [3.8, 4) is 0 Å². The summed E-state index contributed by atoms with van der Waals surface area (Å²) in [6.45, 7) is -1.000. The fraction of sp³-hybridized carbons (Fsp3) is 0.417. The zero-order valence-corrected chi connectivity index (χ0v) is 12.7. The largest absolute Gasteiger partial charge is 0.411 e. The highest BCUT2D eigenvalue weighted by molar-refractivity contribution is 7.90. The lowest BCUT2D eigenvalue weighted by Gasteiger charge is -2.14. The number of hydrogen-bond donors (Lipinski definition) is 0. The molecule has 0 aliphatic rings. The number of ether oxygens (including phenoxy) is 1. The number of halogens is 4. The van der Waals surface area contributed by atoms with Gasteiger partial charge in [0, 0.05) is 17.4 Å². The van der Waals surface area contributed by atoms with Crippen LogP contribution in [0.15, 0.2) is 17.0 Å². The second kappa shape index (κ2) is 6.33. The predicted molar refractivity (Wildman–Crippen MR) is 70.3 cm³/mol. The van der Waals surface area contributed by atoms with E-state index in [0.717, 1.165) is 12.3 Å². The zero-order valence-electron chi connectivity index (χ0n) is 11.1. The summed E-state index contributed by atoms with van der Waals surface area (Å²) in [7, 11) is -3.72. The first-order chi connectivity index (χ1) is 9.43. The number of carbonyl (C=O) groups excluding carboxylic acids is 1. The third-order valence-corrected chi connectivity index (χ3v) is 4.10. The van der Waals surface area contributed by atoms with Crippen molar-refractivity contribution < 1.29 is 31.1 Å². The Morgan fingerprint density at radius 1 is 1.33 bits per heavy atom. The molecule has 0 aliphatic heterocycles. The maximum Gasteiger partial charge on any atom is 0.411 e. The van der Waals surface area contributed by atoms with E-state index in [4.69, 9.17) is 11.6 Å². The molecule has 0 aromatic heterocycles. The Kier molecular flexibility index (Phi) is 5.40. The number of rotatable bonds is 5. The molecule has 0 fully saturated rings. The van der Waals surface area contributed by atoms with E-state index >= 15 is 0 Å². The molecule has 0 bridgehead atoms. The monoisotopic (exact) mass is 344 g/mol. The molecule has 21 heavy (non-hydrogen) atoms. The van der Waals surface area contributed by atoms with Gasteiger partial charge in [-0.05, 0) is 19.1 Å². The number of alkyl halides is 3. The van der Waals surface area contributed by atoms with Crippen LogP contribution in [0, 0.1) is 0 Å². The van der Waals surface area contributed by atoms with Crippen molar-refractivity contribution in [1.29, 1.82) is 0 Å². The number of Topliss-reactive ketones (excluding diaryl/α,β-unsaturated/α-hetero) is 1. The second-order valence-electron chi connectivity index (χ2n) is 4.34. The van der Waals surface area contributed by atoms with Crippen LogP contribution in [0.2, 0.25) is 5.02 Å². The van der Waals surface area contributed by atoms with Gasteiger partial charge in [0.05, 0.1) is 16.5 Å². The minimum atomic E-state index is -4.55. The summed E-state index contributed by atoms with van der Waals surface area (Å²) < 4.78 is 63.9. The predicted octanol–water partition coefficient (Wildman–Crippen LogP) is 3.03. The van der Waals surface area contributed by atoms with Crippen LogP contribution >= 0.6 is 11.6 Å². The number of hydrogen-bond acceptors (Lipinski definition) is 4. The molecule has 118 valence electrons. The standard InChI is InChI=1S/C12H12ClF3O4S/c1-7(17)8-3-4-10(21(2,18)19)9(11(8)13)5-20-6-12(14,15)16/h3-4H,5-6H2,1-2H3. The van der Waals surface area contributed by atoms with Crippen molar-refractivity contribution in [3.05, 3.63) is 28.3 Å². The van der Waals surface area contributed by atoms with Gasteiger partial charge in [-0.1, -0.05) is 11.6 Å². The topological polar surface area (TPSA) is 60.4 Å². The van der Waals surface area contributed by atoms with Crippen LogP contribution in [-0.4, -0.2) is 33.2 Å². The molecule has 1 aromatic rings. The van der Waals surface area contributed by atoms with Gasteiger partial charge in [0.25, 0.3) is 0 Å². The molecular formula is C12H12ClF3O4S. The first-order valence-corrected chi connectivity index (χ1v) is 7.87. The third-order valence-electron chi connectivity index (χ3n) is 2.49. The van der Waals surface area contributed by atoms with Crippen LogP contribution in [0.4, 0.5) is 13.2 Å². The minimum Gasteiger partial charge on any atom is -0.367 e. The molecule has 0 N–H and O–H groups in total. The summed E-state index contributed by atoms with van der Waals surface area (Å²) in [5.74, 6) is -0.433. The maximum atomic E-state index is 12.1. The average Bonchev–Trinajstić information content (AvgIpc) is 2.27. The van der Waals surface area contributed by atoms with Gasteiger partial charge >= 0.3 is 6.18 Å². The molecule has 1 rings (SSSR count). The minimum absolute atomic E-state index is 0.0228. The lowest BCUT2D eigenvalue weighted by Crippen LogP contribution is -2.17. The SMILES string of the molecule is CC(=O)c1ccc(S(C)(=O)=O)c(COCC(F)(F)F)c1Cl. The highest BCUT2D eigenvalue weighted by atomic mass is 35.5. The van der Waals surface area contributed by atoms with Gasteiger partial charge in [0.1, 0.15) is 6.61 Å². The number of ketones is 1. The summed E-state index contributed by atoms with van der Waals surface area (Å²) >= 11 is 5.92. The van der Waals surface area contributed by atoms with Gasteiger partial charge in [-0.15, -0.1) is 0 Å². The van der Waals surface area contributed by atoms with Crippen molar-refractivity contribution in [2.75, 3.05) is 12.9 Å². The molecule has 0 saturated carbocycles. The summed E-state index contributed by atoms with van der Waals surface area (Å²) in [5.41, 5.74) is -0.134. The van der Waals surface area contributed by atoms with Crippen LogP contribution in [0.3, 0.4) is 0 Å². The maximum absolute atomic E-state index is 12.1. The summed E-state index contributed by atoms with van der Waals surface area (Å²) in [6.07, 6.45) is -3.66. The Morgan fingerprint density at radius 2 is 1.90 bits per heavy atom. The van der Waals surface area contributed by atoms with Crippen LogP contribution in [0.5, 0.6) is 0 Å². The highest BCUT2D eigenvalue weighted by Gasteiger charge is 2.28. The molecule has 0 atom stereocenters. The van der Waals surface area contributed by atoms with E-state index < -0.39 is 35.0 Å². The molecule has 0 spiro atoms. The van der Waals surface area contributed by atoms with Crippen LogP contribution in [0.25, 0.3) is 0 Å². The van der Waals surface area contributed by atoms with E-state index in [9.17, 15) is 26.4 Å². The first kappa shape index (κ1) is 17.9. The molecule has 0 heterocycles. The first-order valence-electron chi connectivity index (χ1n) is 5.60.